The van der Waals surface area contributed by atoms with Crippen LogP contribution in [0.4, 0.5) is 0 Å². The molecule has 0 aliphatic heterocycles. The van der Waals surface area contributed by atoms with Crippen molar-refractivity contribution in [3.05, 3.63) is 88.7 Å². The van der Waals surface area contributed by atoms with Gasteiger partial charge in [0.15, 0.2) is 0 Å². The van der Waals surface area contributed by atoms with Crippen LogP contribution in [0.15, 0.2) is 67.0 Å². The number of halogens is 1. The fourth-order valence-electron chi connectivity index (χ4n) is 2.86. The molecular formula is C20H20ClN3O. The first-order chi connectivity index (χ1) is 12.1. The first kappa shape index (κ1) is 17.2. The molecule has 0 bridgehead atoms. The van der Waals surface area contributed by atoms with Crippen LogP contribution in [0.2, 0.25) is 5.02 Å². The number of nitrogens with one attached hydrogen (secondary N) is 1. The van der Waals surface area contributed by atoms with Crippen molar-refractivity contribution in [3.8, 4) is 0 Å². The lowest BCUT2D eigenvalue weighted by atomic mass is 9.88. The van der Waals surface area contributed by atoms with Crippen LogP contribution in [0.1, 0.15) is 29.0 Å². The number of nitrogens with zero attached hydrogens (tertiary/aromatic N) is 2. The third kappa shape index (κ3) is 4.70. The Kier molecular flexibility index (Phi) is 5.51. The summed E-state index contributed by atoms with van der Waals surface area (Å²) < 4.78 is 1.72. The number of rotatable bonds is 6. The van der Waals surface area contributed by atoms with Crippen molar-refractivity contribution < 1.29 is 4.79 Å². The smallest absolute Gasteiger partial charge is 0.221 e. The summed E-state index contributed by atoms with van der Waals surface area (Å²) in [5.74, 6) is -0.0357. The predicted octanol–water partition coefficient (Wildman–Crippen LogP) is 3.91. The SMILES string of the molecule is Cn1cc(CNC(=O)C[C@@H](c2ccccc2)c2cccc(Cl)c2)cn1. The van der Waals surface area contributed by atoms with Crippen molar-refractivity contribution in [1.29, 1.82) is 0 Å². The molecule has 3 rings (SSSR count). The van der Waals surface area contributed by atoms with Crippen molar-refractivity contribution >= 4 is 17.5 Å². The summed E-state index contributed by atoms with van der Waals surface area (Å²) >= 11 is 6.15. The van der Waals surface area contributed by atoms with Crippen LogP contribution in [0.5, 0.6) is 0 Å². The van der Waals surface area contributed by atoms with Crippen molar-refractivity contribution in [2.45, 2.75) is 18.9 Å². The quantitative estimate of drug-likeness (QED) is 0.730. The van der Waals surface area contributed by atoms with E-state index < -0.39 is 0 Å². The number of carbonyl (C=O) groups is 1. The lowest BCUT2D eigenvalue weighted by molar-refractivity contribution is -0.121. The molecule has 0 radical (unpaired) electrons. The molecule has 1 aromatic heterocycles. The lowest BCUT2D eigenvalue weighted by Gasteiger charge is -2.18. The maximum Gasteiger partial charge on any atom is 0.221 e. The van der Waals surface area contributed by atoms with Crippen LogP contribution in [-0.2, 0) is 18.4 Å². The number of amides is 1. The van der Waals surface area contributed by atoms with Gasteiger partial charge in [0, 0.05) is 42.7 Å². The van der Waals surface area contributed by atoms with Gasteiger partial charge in [0.25, 0.3) is 0 Å². The first-order valence-corrected chi connectivity index (χ1v) is 8.54. The molecule has 0 spiro atoms. The molecule has 5 heteroatoms. The maximum absolute atomic E-state index is 12.5. The van der Waals surface area contributed by atoms with Gasteiger partial charge in [-0.3, -0.25) is 9.48 Å². The monoisotopic (exact) mass is 353 g/mol. The van der Waals surface area contributed by atoms with Gasteiger partial charge in [0.1, 0.15) is 0 Å². The Morgan fingerprint density at radius 1 is 1.16 bits per heavy atom. The van der Waals surface area contributed by atoms with Gasteiger partial charge in [-0.05, 0) is 23.3 Å². The second kappa shape index (κ2) is 7.99. The average Bonchev–Trinajstić information content (AvgIpc) is 3.04. The third-order valence-corrected chi connectivity index (χ3v) is 4.33. The van der Waals surface area contributed by atoms with Crippen molar-refractivity contribution in [2.75, 3.05) is 0 Å². The van der Waals surface area contributed by atoms with Crippen LogP contribution >= 0.6 is 11.6 Å². The fraction of sp³-hybridized carbons (Fsp3) is 0.200. The number of aromatic nitrogens is 2. The average molecular weight is 354 g/mol. The van der Waals surface area contributed by atoms with E-state index >= 15 is 0 Å². The predicted molar refractivity (Wildman–Crippen MR) is 99.4 cm³/mol. The molecule has 0 fully saturated rings. The highest BCUT2D eigenvalue weighted by atomic mass is 35.5. The molecule has 0 aliphatic carbocycles. The van der Waals surface area contributed by atoms with Crippen LogP contribution < -0.4 is 5.32 Å². The molecule has 1 heterocycles. The Balaban J connectivity index is 1.74. The number of aryl methyl sites for hydroxylation is 1. The van der Waals surface area contributed by atoms with Gasteiger partial charge in [-0.15, -0.1) is 0 Å². The molecule has 1 N–H and O–H groups in total. The van der Waals surface area contributed by atoms with Gasteiger partial charge in [-0.1, -0.05) is 54.1 Å². The zero-order valence-corrected chi connectivity index (χ0v) is 14.8. The van der Waals surface area contributed by atoms with E-state index in [2.05, 4.69) is 10.4 Å². The van der Waals surface area contributed by atoms with E-state index in [0.717, 1.165) is 16.7 Å². The molecule has 4 nitrogen and oxygen atoms in total. The van der Waals surface area contributed by atoms with Crippen LogP contribution in [0.25, 0.3) is 0 Å². The summed E-state index contributed by atoms with van der Waals surface area (Å²) in [6.07, 6.45) is 4.02. The Labute approximate surface area is 152 Å². The molecular weight excluding hydrogens is 334 g/mol. The van der Waals surface area contributed by atoms with Crippen molar-refractivity contribution in [2.24, 2.45) is 7.05 Å². The normalized spacial score (nSPS) is 11.9. The van der Waals surface area contributed by atoms with Crippen LogP contribution in [0.3, 0.4) is 0 Å². The lowest BCUT2D eigenvalue weighted by Crippen LogP contribution is -2.24. The molecule has 1 atom stereocenters. The molecule has 0 saturated heterocycles. The van der Waals surface area contributed by atoms with E-state index in [9.17, 15) is 4.79 Å². The molecule has 0 unspecified atom stereocenters. The van der Waals surface area contributed by atoms with E-state index in [-0.39, 0.29) is 11.8 Å². The molecule has 1 amide bonds. The van der Waals surface area contributed by atoms with Gasteiger partial charge in [0.05, 0.1) is 6.20 Å². The van der Waals surface area contributed by atoms with Gasteiger partial charge in [-0.25, -0.2) is 0 Å². The highest BCUT2D eigenvalue weighted by Gasteiger charge is 2.18. The van der Waals surface area contributed by atoms with Gasteiger partial charge in [-0.2, -0.15) is 5.10 Å². The van der Waals surface area contributed by atoms with E-state index in [1.54, 1.807) is 10.9 Å². The third-order valence-electron chi connectivity index (χ3n) is 4.09. The molecule has 0 aliphatic rings. The largest absolute Gasteiger partial charge is 0.352 e. The Morgan fingerprint density at radius 2 is 1.92 bits per heavy atom. The highest BCUT2D eigenvalue weighted by Crippen LogP contribution is 2.29. The summed E-state index contributed by atoms with van der Waals surface area (Å²) in [5.41, 5.74) is 3.12. The minimum Gasteiger partial charge on any atom is -0.352 e. The van der Waals surface area contributed by atoms with Gasteiger partial charge < -0.3 is 5.32 Å². The first-order valence-electron chi connectivity index (χ1n) is 8.16. The molecule has 0 saturated carbocycles. The molecule has 25 heavy (non-hydrogen) atoms. The maximum atomic E-state index is 12.5. The molecule has 2 aromatic carbocycles. The number of hydrogen-bond donors (Lipinski definition) is 1. The number of benzene rings is 2. The highest BCUT2D eigenvalue weighted by molar-refractivity contribution is 6.30. The Morgan fingerprint density at radius 3 is 2.60 bits per heavy atom. The van der Waals surface area contributed by atoms with Crippen molar-refractivity contribution in [1.82, 2.24) is 15.1 Å². The number of hydrogen-bond acceptors (Lipinski definition) is 2. The fourth-order valence-corrected chi connectivity index (χ4v) is 3.06. The van der Waals surface area contributed by atoms with E-state index in [0.29, 0.717) is 18.0 Å². The van der Waals surface area contributed by atoms with E-state index in [1.165, 1.54) is 0 Å². The van der Waals surface area contributed by atoms with Gasteiger partial charge in [0.2, 0.25) is 5.91 Å². The summed E-state index contributed by atoms with van der Waals surface area (Å²) in [5, 5.41) is 7.76. The van der Waals surface area contributed by atoms with E-state index in [1.807, 2.05) is 67.8 Å². The summed E-state index contributed by atoms with van der Waals surface area (Å²) in [7, 11) is 1.86. The van der Waals surface area contributed by atoms with Crippen LogP contribution in [-0.4, -0.2) is 15.7 Å². The topological polar surface area (TPSA) is 46.9 Å². The summed E-state index contributed by atoms with van der Waals surface area (Å²) in [6.45, 7) is 0.476. The molecule has 3 aromatic rings. The summed E-state index contributed by atoms with van der Waals surface area (Å²) in [6, 6.07) is 17.7. The molecule has 128 valence electrons. The Hall–Kier alpha value is -2.59. The van der Waals surface area contributed by atoms with Crippen molar-refractivity contribution in [3.63, 3.8) is 0 Å². The standard InChI is InChI=1S/C20H20ClN3O/c1-24-14-15(13-23-24)12-22-20(25)11-19(16-6-3-2-4-7-16)17-8-5-9-18(21)10-17/h2-10,13-14,19H,11-12H2,1H3,(H,22,25)/t19-/m0/s1. The minimum absolute atomic E-state index is 0.00215. The second-order valence-corrected chi connectivity index (χ2v) is 6.46. The second-order valence-electron chi connectivity index (χ2n) is 6.02. The minimum atomic E-state index is -0.0335. The Bertz CT molecular complexity index is 845. The zero-order chi connectivity index (χ0) is 17.6. The van der Waals surface area contributed by atoms with E-state index in [4.69, 9.17) is 11.6 Å². The van der Waals surface area contributed by atoms with Gasteiger partial charge >= 0.3 is 0 Å². The van der Waals surface area contributed by atoms with Crippen LogP contribution in [0, 0.1) is 0 Å². The summed E-state index contributed by atoms with van der Waals surface area (Å²) in [4.78, 5) is 12.5. The number of carbonyl (C=O) groups excluding carboxylic acids is 1. The zero-order valence-electron chi connectivity index (χ0n) is 14.0.